The SMILES string of the molecule is O=C([O-])CC1=NC=NC2NC=CC12.[Na+]. The van der Waals surface area contributed by atoms with Gasteiger partial charge in [0.15, 0.2) is 0 Å². The second kappa shape index (κ2) is 4.72. The van der Waals surface area contributed by atoms with Crippen molar-refractivity contribution in [2.45, 2.75) is 12.6 Å². The number of carbonyl (C=O) groups is 1. The second-order valence-corrected chi connectivity index (χ2v) is 2.93. The number of nitrogens with one attached hydrogen (secondary N) is 1. The molecule has 0 amide bonds. The minimum absolute atomic E-state index is 0. The summed E-state index contributed by atoms with van der Waals surface area (Å²) in [6.45, 7) is 0. The van der Waals surface area contributed by atoms with Crippen LogP contribution >= 0.6 is 0 Å². The molecular weight excluding hydrogens is 193 g/mol. The van der Waals surface area contributed by atoms with Crippen LogP contribution in [0.15, 0.2) is 22.3 Å². The number of carboxylic acids is 1. The Labute approximate surface area is 103 Å². The van der Waals surface area contributed by atoms with Gasteiger partial charge >= 0.3 is 29.6 Å². The van der Waals surface area contributed by atoms with E-state index in [1.165, 1.54) is 6.34 Å². The summed E-state index contributed by atoms with van der Waals surface area (Å²) in [5.41, 5.74) is 0.598. The van der Waals surface area contributed by atoms with Crippen molar-refractivity contribution in [1.82, 2.24) is 5.32 Å². The monoisotopic (exact) mass is 201 g/mol. The van der Waals surface area contributed by atoms with Crippen molar-refractivity contribution < 1.29 is 39.5 Å². The van der Waals surface area contributed by atoms with Gasteiger partial charge in [0.25, 0.3) is 0 Å². The van der Waals surface area contributed by atoms with Crippen molar-refractivity contribution in [1.29, 1.82) is 0 Å². The molecule has 0 aromatic carbocycles. The fourth-order valence-corrected chi connectivity index (χ4v) is 1.47. The topological polar surface area (TPSA) is 76.9 Å². The van der Waals surface area contributed by atoms with E-state index in [4.69, 9.17) is 0 Å². The van der Waals surface area contributed by atoms with Crippen LogP contribution in [0.2, 0.25) is 0 Å². The predicted octanol–water partition coefficient (Wildman–Crippen LogP) is -4.33. The molecule has 0 fully saturated rings. The Morgan fingerprint density at radius 1 is 1.64 bits per heavy atom. The molecule has 5 nitrogen and oxygen atoms in total. The Balaban J connectivity index is 0.000000980. The number of carboxylic acid groups (broad SMARTS) is 1. The molecule has 0 spiro atoms. The Morgan fingerprint density at radius 2 is 2.43 bits per heavy atom. The van der Waals surface area contributed by atoms with Crippen molar-refractivity contribution in [3.05, 3.63) is 12.3 Å². The van der Waals surface area contributed by atoms with Crippen LogP contribution in [0, 0.1) is 5.92 Å². The van der Waals surface area contributed by atoms with Crippen molar-refractivity contribution in [2.24, 2.45) is 15.9 Å². The molecule has 0 saturated carbocycles. The largest absolute Gasteiger partial charge is 1.00 e. The average molecular weight is 201 g/mol. The molecule has 0 bridgehead atoms. The summed E-state index contributed by atoms with van der Waals surface area (Å²) in [5, 5.41) is 13.4. The third-order valence-electron chi connectivity index (χ3n) is 2.07. The zero-order valence-corrected chi connectivity index (χ0v) is 9.80. The maximum atomic E-state index is 10.4. The number of aliphatic carboxylic acids is 1. The maximum Gasteiger partial charge on any atom is 1.00 e. The van der Waals surface area contributed by atoms with E-state index in [0.29, 0.717) is 5.71 Å². The predicted molar refractivity (Wildman–Crippen MR) is 45.1 cm³/mol. The summed E-state index contributed by atoms with van der Waals surface area (Å²) in [7, 11) is 0. The number of rotatable bonds is 2. The quantitative estimate of drug-likeness (QED) is 0.459. The third-order valence-corrected chi connectivity index (χ3v) is 2.07. The van der Waals surface area contributed by atoms with Crippen molar-refractivity contribution in [3.8, 4) is 0 Å². The van der Waals surface area contributed by atoms with Crippen molar-refractivity contribution >= 4 is 18.0 Å². The molecule has 0 saturated heterocycles. The van der Waals surface area contributed by atoms with E-state index in [2.05, 4.69) is 15.3 Å². The molecule has 0 aliphatic carbocycles. The summed E-state index contributed by atoms with van der Waals surface area (Å²) < 4.78 is 0. The summed E-state index contributed by atoms with van der Waals surface area (Å²) in [5.74, 6) is -1.13. The van der Waals surface area contributed by atoms with E-state index in [-0.39, 0.29) is 48.1 Å². The van der Waals surface area contributed by atoms with Gasteiger partial charge in [-0.15, -0.1) is 0 Å². The van der Waals surface area contributed by atoms with Crippen molar-refractivity contribution in [2.75, 3.05) is 0 Å². The van der Waals surface area contributed by atoms with E-state index >= 15 is 0 Å². The van der Waals surface area contributed by atoms with Gasteiger partial charge < -0.3 is 15.2 Å². The number of aliphatic imine (C=N–C) groups is 2. The number of hydrogen-bond donors (Lipinski definition) is 1. The normalized spacial score (nSPS) is 27.3. The molecule has 2 aliphatic heterocycles. The van der Waals surface area contributed by atoms with Crippen LogP contribution in [0.5, 0.6) is 0 Å². The van der Waals surface area contributed by atoms with Crippen LogP contribution in [-0.2, 0) is 4.79 Å². The van der Waals surface area contributed by atoms with Crippen LogP contribution < -0.4 is 40.0 Å². The van der Waals surface area contributed by atoms with Gasteiger partial charge in [0.05, 0.1) is 5.92 Å². The number of nitrogens with zero attached hydrogens (tertiary/aromatic N) is 2. The summed E-state index contributed by atoms with van der Waals surface area (Å²) in [4.78, 5) is 18.3. The van der Waals surface area contributed by atoms with Gasteiger partial charge in [-0.2, -0.15) is 0 Å². The van der Waals surface area contributed by atoms with E-state index in [9.17, 15) is 9.90 Å². The Hall–Kier alpha value is -0.650. The van der Waals surface area contributed by atoms with Crippen LogP contribution in [0.25, 0.3) is 0 Å². The molecule has 2 rings (SSSR count). The van der Waals surface area contributed by atoms with E-state index in [1.54, 1.807) is 6.20 Å². The third kappa shape index (κ3) is 2.23. The van der Waals surface area contributed by atoms with Gasteiger partial charge in [0, 0.05) is 18.1 Å². The van der Waals surface area contributed by atoms with Gasteiger partial charge in [0.2, 0.25) is 0 Å². The van der Waals surface area contributed by atoms with Gasteiger partial charge in [-0.05, 0) is 6.20 Å². The number of carbonyl (C=O) groups excluding carboxylic acids is 1. The molecule has 68 valence electrons. The molecule has 2 heterocycles. The minimum Gasteiger partial charge on any atom is -0.550 e. The second-order valence-electron chi connectivity index (χ2n) is 2.93. The molecule has 6 heteroatoms. The fraction of sp³-hybridized carbons (Fsp3) is 0.375. The Morgan fingerprint density at radius 3 is 3.14 bits per heavy atom. The molecule has 1 N–H and O–H groups in total. The standard InChI is InChI=1S/C8H9N3O2.Na/c12-7(13)3-6-5-1-2-9-8(5)11-4-10-6;/h1-2,4-5,8-9H,3H2,(H,12,13);/q;+1/p-1. The first-order chi connectivity index (χ1) is 6.27. The van der Waals surface area contributed by atoms with Gasteiger partial charge in [-0.1, -0.05) is 6.08 Å². The fourth-order valence-electron chi connectivity index (χ4n) is 1.47. The molecule has 14 heavy (non-hydrogen) atoms. The first-order valence-corrected chi connectivity index (χ1v) is 3.98. The van der Waals surface area contributed by atoms with Crippen LogP contribution in [0.3, 0.4) is 0 Å². The molecule has 2 atom stereocenters. The molecule has 0 aromatic rings. The number of fused-ring (bicyclic) bond motifs is 1. The first kappa shape index (κ1) is 11.4. The van der Waals surface area contributed by atoms with E-state index < -0.39 is 5.97 Å². The van der Waals surface area contributed by atoms with Crippen LogP contribution in [0.1, 0.15) is 6.42 Å². The van der Waals surface area contributed by atoms with Gasteiger partial charge in [-0.3, -0.25) is 0 Å². The summed E-state index contributed by atoms with van der Waals surface area (Å²) >= 11 is 0. The van der Waals surface area contributed by atoms with Crippen LogP contribution in [0.4, 0.5) is 0 Å². The van der Waals surface area contributed by atoms with Gasteiger partial charge in [-0.25, -0.2) is 9.98 Å². The van der Waals surface area contributed by atoms with Crippen LogP contribution in [-0.4, -0.2) is 24.2 Å². The molecule has 0 aromatic heterocycles. The Bertz CT molecular complexity index is 325. The zero-order valence-electron chi connectivity index (χ0n) is 7.80. The summed E-state index contributed by atoms with van der Waals surface area (Å²) in [6, 6.07) is 0. The van der Waals surface area contributed by atoms with Gasteiger partial charge in [0.1, 0.15) is 12.5 Å². The summed E-state index contributed by atoms with van der Waals surface area (Å²) in [6.07, 6.45) is 4.82. The van der Waals surface area contributed by atoms with E-state index in [0.717, 1.165) is 0 Å². The molecular formula is C8H8N3NaO2. The molecule has 2 unspecified atom stereocenters. The first-order valence-electron chi connectivity index (χ1n) is 3.98. The average Bonchev–Trinajstić information content (AvgIpc) is 2.51. The van der Waals surface area contributed by atoms with Crippen molar-refractivity contribution in [3.63, 3.8) is 0 Å². The molecule has 2 aliphatic rings. The smallest absolute Gasteiger partial charge is 0.550 e. The van der Waals surface area contributed by atoms with E-state index in [1.807, 2.05) is 6.08 Å². The molecule has 0 radical (unpaired) electrons. The minimum atomic E-state index is -1.10. The Kier molecular flexibility index (Phi) is 3.86. The number of hydrogen-bond acceptors (Lipinski definition) is 5. The maximum absolute atomic E-state index is 10.4. The zero-order chi connectivity index (χ0) is 9.26.